The molecule has 0 amide bonds. The minimum Gasteiger partial charge on any atom is -0.490 e. The number of carbonyl (C=O) groups is 1. The summed E-state index contributed by atoms with van der Waals surface area (Å²) in [6, 6.07) is -7.68. The predicted molar refractivity (Wildman–Crippen MR) is 88.8 cm³/mol. The average Bonchev–Trinajstić information content (AvgIpc) is 2.73. The first-order valence-electron chi connectivity index (χ1n) is 11.0. The molecule has 0 aliphatic heterocycles. The summed E-state index contributed by atoms with van der Waals surface area (Å²) in [6.45, 7) is 3.18. The summed E-state index contributed by atoms with van der Waals surface area (Å²) in [5.74, 6) is -2.23. The Balaban J connectivity index is 2.78. The van der Waals surface area contributed by atoms with Crippen molar-refractivity contribution in [3.63, 3.8) is 0 Å². The van der Waals surface area contributed by atoms with Gasteiger partial charge in [0.2, 0.25) is 0 Å². The molecule has 0 aliphatic rings. The lowest BCUT2D eigenvalue weighted by atomic mass is 10.0. The number of ether oxygens (including phenoxy) is 1. The van der Waals surface area contributed by atoms with Crippen LogP contribution < -0.4 is 4.74 Å². The van der Waals surface area contributed by atoms with Crippen molar-refractivity contribution in [1.29, 1.82) is 0 Å². The van der Waals surface area contributed by atoms with Gasteiger partial charge >= 0.3 is 0 Å². The van der Waals surface area contributed by atoms with Gasteiger partial charge in [0.15, 0.2) is 17.0 Å². The fraction of sp³-hybridized carbons (Fsp3) is 0.188. The Kier molecular flexibility index (Phi) is 2.79. The first kappa shape index (κ1) is 7.83. The van der Waals surface area contributed by atoms with Crippen LogP contribution in [0.3, 0.4) is 0 Å². The molecule has 2 rings (SSSR count). The number of hydrogen-bond donors (Lipinski definition) is 0. The summed E-state index contributed by atoms with van der Waals surface area (Å²) >= 11 is 0.0720. The lowest BCUT2D eigenvalue weighted by Crippen LogP contribution is -2.13. The maximum absolute atomic E-state index is 13.2. The fourth-order valence-electron chi connectivity index (χ4n) is 1.40. The number of Topliss-reactive ketones (excluding diaryl/α,β-unsaturated/α-hetero) is 1. The van der Waals surface area contributed by atoms with Gasteiger partial charge in [0.1, 0.15) is 12.4 Å². The first-order chi connectivity index (χ1) is 15.2. The second kappa shape index (κ2) is 8.19. The van der Waals surface area contributed by atoms with Crippen LogP contribution in [-0.2, 0) is 0 Å². The Labute approximate surface area is 152 Å². The van der Waals surface area contributed by atoms with Crippen LogP contribution >= 0.6 is 11.8 Å². The fourth-order valence-corrected chi connectivity index (χ4v) is 1.63. The molecular weight excluding hydrogens is 314 g/mol. The number of thioether (sulfide) groups is 1. The highest BCUT2D eigenvalue weighted by molar-refractivity contribution is 7.98. The Bertz CT molecular complexity index is 1140. The highest BCUT2D eigenvalue weighted by atomic mass is 32.2. The van der Waals surface area contributed by atoms with Gasteiger partial charge in [0, 0.05) is 15.8 Å². The van der Waals surface area contributed by atoms with E-state index in [4.69, 9.17) is 18.4 Å². The molecule has 0 fully saturated rings. The normalized spacial score (nSPS) is 19.7. The number of rotatable bonds is 8. The van der Waals surface area contributed by atoms with E-state index in [0.717, 1.165) is 0 Å². The minimum absolute atomic E-state index is 0.0720. The zero-order chi connectivity index (χ0) is 25.3. The van der Waals surface area contributed by atoms with Crippen LogP contribution in [0.2, 0.25) is 0 Å². The maximum atomic E-state index is 13.2. The standard InChI is InChI=1S/C16H15N3O3S/c1-3-9-22-12-6-4-5-11(10-12)15(20)14(19-21)13-7-8-17-16(18-13)23-2/h3-8,10,14H,1,9H2,2H3/i2D3,4D,5D,6D,7D,8D,10D,14D. The summed E-state index contributed by atoms with van der Waals surface area (Å²) in [5, 5.41) is 1.79. The Morgan fingerprint density at radius 1 is 1.65 bits per heavy atom. The number of hydrogen-bond acceptors (Lipinski definition) is 7. The molecule has 1 heterocycles. The van der Waals surface area contributed by atoms with Crippen LogP contribution in [0.25, 0.3) is 0 Å². The van der Waals surface area contributed by atoms with Gasteiger partial charge in [-0.2, -0.15) is 0 Å². The van der Waals surface area contributed by atoms with Gasteiger partial charge in [-0.3, -0.25) is 4.79 Å². The van der Waals surface area contributed by atoms with Gasteiger partial charge in [-0.05, 0) is 24.3 Å². The van der Waals surface area contributed by atoms with Crippen LogP contribution in [-0.4, -0.2) is 28.5 Å². The van der Waals surface area contributed by atoms with E-state index < -0.39 is 76.5 Å². The van der Waals surface area contributed by atoms with Crippen LogP contribution in [0.5, 0.6) is 5.75 Å². The first-order valence-corrected chi connectivity index (χ1v) is 6.79. The molecule has 0 bridgehead atoms. The molecule has 0 radical (unpaired) electrons. The lowest BCUT2D eigenvalue weighted by molar-refractivity contribution is 0.0959. The second-order valence-electron chi connectivity index (χ2n) is 3.77. The van der Waals surface area contributed by atoms with Crippen molar-refractivity contribution in [1.82, 2.24) is 9.97 Å². The third-order valence-electron chi connectivity index (χ3n) is 2.33. The van der Waals surface area contributed by atoms with Crippen molar-refractivity contribution in [2.75, 3.05) is 12.8 Å². The molecule has 0 aliphatic carbocycles. The summed E-state index contributed by atoms with van der Waals surface area (Å²) < 4.78 is 82.9. The van der Waals surface area contributed by atoms with Gasteiger partial charge in [-0.25, -0.2) is 9.97 Å². The number of nitrogens with zero attached hydrogens (tertiary/aromatic N) is 3. The molecule has 0 N–H and O–H groups in total. The van der Waals surface area contributed by atoms with Crippen LogP contribution in [0.1, 0.15) is 35.8 Å². The third kappa shape index (κ3) is 4.23. The van der Waals surface area contributed by atoms with Crippen molar-refractivity contribution < 1.29 is 23.2 Å². The van der Waals surface area contributed by atoms with Gasteiger partial charge < -0.3 is 4.74 Å². The molecule has 23 heavy (non-hydrogen) atoms. The highest BCUT2D eigenvalue weighted by Gasteiger charge is 2.25. The molecule has 0 saturated carbocycles. The van der Waals surface area contributed by atoms with Crippen molar-refractivity contribution in [3.8, 4) is 5.75 Å². The van der Waals surface area contributed by atoms with Crippen molar-refractivity contribution >= 4 is 17.5 Å². The lowest BCUT2D eigenvalue weighted by Gasteiger charge is -2.10. The van der Waals surface area contributed by atoms with E-state index in [1.807, 2.05) is 0 Å². The van der Waals surface area contributed by atoms with E-state index in [0.29, 0.717) is 0 Å². The zero-order valence-corrected chi connectivity index (χ0v) is 12.3. The zero-order valence-electron chi connectivity index (χ0n) is 21.5. The van der Waals surface area contributed by atoms with Gasteiger partial charge in [0.05, 0.1) is 15.3 Å². The van der Waals surface area contributed by atoms with Gasteiger partial charge in [-0.15, -0.1) is 4.91 Å². The SMILES string of the molecule is [2H]c1nc(SC([2H])([2H])[2H])nc(C([2H])(N=O)C(=O)c2c([2H])c([2H])c([2H])c(OCC=C)c2[2H])c1[2H]. The molecule has 7 heteroatoms. The average molecular weight is 339 g/mol. The Hall–Kier alpha value is -2.54. The topological polar surface area (TPSA) is 81.5 Å². The molecular formula is C16H15N3O3S. The summed E-state index contributed by atoms with van der Waals surface area (Å²) in [4.78, 5) is 32.0. The number of benzene rings is 1. The number of aromatic nitrogens is 2. The largest absolute Gasteiger partial charge is 0.490 e. The third-order valence-corrected chi connectivity index (χ3v) is 2.70. The van der Waals surface area contributed by atoms with E-state index in [1.54, 1.807) is 0 Å². The van der Waals surface area contributed by atoms with E-state index >= 15 is 0 Å². The number of ketones is 1. The summed E-state index contributed by atoms with van der Waals surface area (Å²) in [6.07, 6.45) is -2.33. The minimum atomic E-state index is -3.34. The van der Waals surface area contributed by atoms with E-state index in [-0.39, 0.29) is 18.4 Å². The smallest absolute Gasteiger partial charge is 0.197 e. The monoisotopic (exact) mass is 339 g/mol. The molecule has 1 atom stereocenters. The van der Waals surface area contributed by atoms with E-state index in [1.165, 1.54) is 6.08 Å². The molecule has 2 aromatic rings. The number of carbonyl (C=O) groups excluding carboxylic acids is 1. The molecule has 1 aromatic carbocycles. The molecule has 6 nitrogen and oxygen atoms in total. The molecule has 1 aromatic heterocycles. The van der Waals surface area contributed by atoms with Crippen LogP contribution in [0.15, 0.2) is 59.4 Å². The maximum Gasteiger partial charge on any atom is 0.197 e. The van der Waals surface area contributed by atoms with Crippen molar-refractivity contribution in [2.45, 2.75) is 11.2 Å². The van der Waals surface area contributed by atoms with Gasteiger partial charge in [0.25, 0.3) is 0 Å². The summed E-state index contributed by atoms with van der Waals surface area (Å²) in [5.41, 5.74) is -2.01. The molecule has 1 unspecified atom stereocenters. The second-order valence-corrected chi connectivity index (χ2v) is 4.34. The predicted octanol–water partition coefficient (Wildman–Crippen LogP) is 3.45. The Morgan fingerprint density at radius 3 is 3.26 bits per heavy atom. The molecule has 0 spiro atoms. The highest BCUT2D eigenvalue weighted by Crippen LogP contribution is 2.24. The van der Waals surface area contributed by atoms with Crippen molar-refractivity contribution in [2.24, 2.45) is 5.18 Å². The Morgan fingerprint density at radius 2 is 2.52 bits per heavy atom. The van der Waals surface area contributed by atoms with E-state index in [2.05, 4.69) is 21.7 Å². The van der Waals surface area contributed by atoms with Crippen LogP contribution in [0.4, 0.5) is 0 Å². The summed E-state index contributed by atoms with van der Waals surface area (Å²) in [7, 11) is 0. The van der Waals surface area contributed by atoms with E-state index in [9.17, 15) is 9.70 Å². The van der Waals surface area contributed by atoms with Crippen molar-refractivity contribution in [3.05, 3.63) is 65.2 Å². The van der Waals surface area contributed by atoms with Crippen LogP contribution in [0, 0.1) is 4.91 Å². The number of nitroso groups, excluding NO2 is 1. The molecule has 0 saturated heterocycles. The van der Waals surface area contributed by atoms with Gasteiger partial charge in [-0.1, -0.05) is 41.7 Å². The molecule has 118 valence electrons. The quantitative estimate of drug-likeness (QED) is 0.241.